The third kappa shape index (κ3) is 7.75. The number of amides is 1. The van der Waals surface area contributed by atoms with E-state index in [4.69, 9.17) is 4.74 Å². The SMILES string of the molecule is COC(=O)CC(NC(=O)CCC1CCNCC1)c1cccc(Br)c1.Cl. The Labute approximate surface area is 163 Å². The van der Waals surface area contributed by atoms with Crippen molar-refractivity contribution in [3.63, 3.8) is 0 Å². The number of rotatable bonds is 7. The molecule has 2 N–H and O–H groups in total. The largest absolute Gasteiger partial charge is 0.469 e. The zero-order valence-corrected chi connectivity index (χ0v) is 16.8. The molecule has 25 heavy (non-hydrogen) atoms. The maximum Gasteiger partial charge on any atom is 0.307 e. The second-order valence-electron chi connectivity index (χ2n) is 6.19. The quantitative estimate of drug-likeness (QED) is 0.647. The molecule has 0 bridgehead atoms. The van der Waals surface area contributed by atoms with Crippen LogP contribution in [-0.4, -0.2) is 32.1 Å². The van der Waals surface area contributed by atoms with Gasteiger partial charge in [-0.05, 0) is 56.0 Å². The smallest absolute Gasteiger partial charge is 0.307 e. The lowest BCUT2D eigenvalue weighted by Crippen LogP contribution is -2.32. The number of carbonyl (C=O) groups excluding carboxylic acids is 2. The van der Waals surface area contributed by atoms with Gasteiger partial charge in [-0.25, -0.2) is 0 Å². The molecule has 1 aliphatic rings. The molecule has 1 amide bonds. The highest BCUT2D eigenvalue weighted by molar-refractivity contribution is 9.10. The molecule has 140 valence electrons. The van der Waals surface area contributed by atoms with Crippen molar-refractivity contribution >= 4 is 40.2 Å². The van der Waals surface area contributed by atoms with E-state index in [0.29, 0.717) is 12.3 Å². The first-order valence-corrected chi connectivity index (χ1v) is 9.20. The topological polar surface area (TPSA) is 67.4 Å². The van der Waals surface area contributed by atoms with Crippen molar-refractivity contribution in [1.82, 2.24) is 10.6 Å². The summed E-state index contributed by atoms with van der Waals surface area (Å²) in [5, 5.41) is 6.32. The number of benzene rings is 1. The fourth-order valence-corrected chi connectivity index (χ4v) is 3.41. The summed E-state index contributed by atoms with van der Waals surface area (Å²) < 4.78 is 5.68. The van der Waals surface area contributed by atoms with E-state index in [1.54, 1.807) is 0 Å². The number of hydrogen-bond acceptors (Lipinski definition) is 4. The highest BCUT2D eigenvalue weighted by Gasteiger charge is 2.20. The van der Waals surface area contributed by atoms with Crippen LogP contribution in [-0.2, 0) is 14.3 Å². The zero-order valence-electron chi connectivity index (χ0n) is 14.4. The second-order valence-corrected chi connectivity index (χ2v) is 7.10. The summed E-state index contributed by atoms with van der Waals surface area (Å²) in [5.41, 5.74) is 0.894. The second kappa shape index (κ2) is 11.5. The van der Waals surface area contributed by atoms with Crippen LogP contribution in [0.3, 0.4) is 0 Å². The predicted octanol–water partition coefficient (Wildman–Crippen LogP) is 3.37. The molecule has 5 nitrogen and oxygen atoms in total. The Kier molecular flexibility index (Phi) is 10.1. The number of ether oxygens (including phenoxy) is 1. The van der Waals surface area contributed by atoms with Gasteiger partial charge in [-0.15, -0.1) is 12.4 Å². The lowest BCUT2D eigenvalue weighted by Gasteiger charge is -2.23. The number of methoxy groups -OCH3 is 1. The first-order valence-electron chi connectivity index (χ1n) is 8.41. The van der Waals surface area contributed by atoms with Gasteiger partial charge in [0.15, 0.2) is 0 Å². The molecule has 7 heteroatoms. The highest BCUT2D eigenvalue weighted by Crippen LogP contribution is 2.22. The van der Waals surface area contributed by atoms with Crippen LogP contribution in [0.15, 0.2) is 28.7 Å². The van der Waals surface area contributed by atoms with Gasteiger partial charge < -0.3 is 15.4 Å². The minimum Gasteiger partial charge on any atom is -0.469 e. The molecule has 0 aromatic heterocycles. The van der Waals surface area contributed by atoms with Crippen molar-refractivity contribution in [2.75, 3.05) is 20.2 Å². The standard InChI is InChI=1S/C18H25BrN2O3.ClH/c1-24-18(23)12-16(14-3-2-4-15(19)11-14)21-17(22)6-5-13-7-9-20-10-8-13;/h2-4,11,13,16,20H,5-10,12H2,1H3,(H,21,22);1H. The molecule has 0 aliphatic carbocycles. The number of halogens is 2. The maximum absolute atomic E-state index is 12.3. The van der Waals surface area contributed by atoms with Gasteiger partial charge in [0.05, 0.1) is 19.6 Å². The maximum atomic E-state index is 12.3. The number of esters is 1. The molecule has 1 atom stereocenters. The minimum absolute atomic E-state index is 0. The van der Waals surface area contributed by atoms with E-state index < -0.39 is 0 Å². The lowest BCUT2D eigenvalue weighted by atomic mass is 9.93. The van der Waals surface area contributed by atoms with Crippen molar-refractivity contribution in [1.29, 1.82) is 0 Å². The van der Waals surface area contributed by atoms with Crippen molar-refractivity contribution in [3.05, 3.63) is 34.3 Å². The third-order valence-electron chi connectivity index (χ3n) is 4.42. The van der Waals surface area contributed by atoms with Gasteiger partial charge in [0.25, 0.3) is 0 Å². The molecule has 1 aromatic carbocycles. The number of carbonyl (C=O) groups is 2. The van der Waals surface area contributed by atoms with Crippen LogP contribution in [0.2, 0.25) is 0 Å². The summed E-state index contributed by atoms with van der Waals surface area (Å²) in [6.45, 7) is 2.07. The van der Waals surface area contributed by atoms with E-state index in [1.807, 2.05) is 24.3 Å². The van der Waals surface area contributed by atoms with Crippen LogP contribution in [0.4, 0.5) is 0 Å². The number of nitrogens with one attached hydrogen (secondary N) is 2. The minimum atomic E-state index is -0.365. The van der Waals surface area contributed by atoms with Crippen molar-refractivity contribution in [3.8, 4) is 0 Å². The summed E-state index contributed by atoms with van der Waals surface area (Å²) in [7, 11) is 1.36. The van der Waals surface area contributed by atoms with Crippen LogP contribution >= 0.6 is 28.3 Å². The van der Waals surface area contributed by atoms with Crippen molar-refractivity contribution in [2.45, 2.75) is 38.1 Å². The molecule has 1 aliphatic heterocycles. The lowest BCUT2D eigenvalue weighted by molar-refractivity contribution is -0.141. The average molecular weight is 434 g/mol. The van der Waals surface area contributed by atoms with E-state index in [9.17, 15) is 9.59 Å². The van der Waals surface area contributed by atoms with Crippen LogP contribution in [0, 0.1) is 5.92 Å². The summed E-state index contributed by atoms with van der Waals surface area (Å²) >= 11 is 3.43. The van der Waals surface area contributed by atoms with E-state index in [2.05, 4.69) is 26.6 Å². The number of hydrogen-bond donors (Lipinski definition) is 2. The Hall–Kier alpha value is -1.11. The zero-order chi connectivity index (χ0) is 17.4. The van der Waals surface area contributed by atoms with Gasteiger partial charge in [0.2, 0.25) is 5.91 Å². The van der Waals surface area contributed by atoms with E-state index >= 15 is 0 Å². The summed E-state index contributed by atoms with van der Waals surface area (Å²) in [5.74, 6) is 0.267. The highest BCUT2D eigenvalue weighted by atomic mass is 79.9. The van der Waals surface area contributed by atoms with Crippen molar-refractivity contribution in [2.24, 2.45) is 5.92 Å². The summed E-state index contributed by atoms with van der Waals surface area (Å²) in [6, 6.07) is 7.27. The summed E-state index contributed by atoms with van der Waals surface area (Å²) in [6.07, 6.45) is 3.79. The molecule has 1 saturated heterocycles. The van der Waals surface area contributed by atoms with Gasteiger partial charge in [-0.3, -0.25) is 9.59 Å². The Morgan fingerprint density at radius 1 is 1.36 bits per heavy atom. The van der Waals surface area contributed by atoms with E-state index in [-0.39, 0.29) is 36.7 Å². The Balaban J connectivity index is 0.00000312. The Morgan fingerprint density at radius 3 is 2.72 bits per heavy atom. The predicted molar refractivity (Wildman–Crippen MR) is 104 cm³/mol. The molecule has 0 radical (unpaired) electrons. The van der Waals surface area contributed by atoms with Gasteiger partial charge >= 0.3 is 5.97 Å². The van der Waals surface area contributed by atoms with Gasteiger partial charge in [0, 0.05) is 10.9 Å². The van der Waals surface area contributed by atoms with Gasteiger partial charge in [0.1, 0.15) is 0 Å². The monoisotopic (exact) mass is 432 g/mol. The molecule has 0 saturated carbocycles. The normalized spacial score (nSPS) is 15.8. The fourth-order valence-electron chi connectivity index (χ4n) is 3.00. The molecular formula is C18H26BrClN2O3. The van der Waals surface area contributed by atoms with Gasteiger partial charge in [-0.1, -0.05) is 28.1 Å². The van der Waals surface area contributed by atoms with Crippen LogP contribution in [0.1, 0.15) is 43.7 Å². The van der Waals surface area contributed by atoms with Crippen LogP contribution in [0.25, 0.3) is 0 Å². The Morgan fingerprint density at radius 2 is 2.08 bits per heavy atom. The van der Waals surface area contributed by atoms with E-state index in [1.165, 1.54) is 7.11 Å². The fraction of sp³-hybridized carbons (Fsp3) is 0.556. The van der Waals surface area contributed by atoms with E-state index in [0.717, 1.165) is 42.4 Å². The van der Waals surface area contributed by atoms with Crippen LogP contribution < -0.4 is 10.6 Å². The first kappa shape index (κ1) is 21.9. The third-order valence-corrected chi connectivity index (χ3v) is 4.92. The molecule has 0 spiro atoms. The summed E-state index contributed by atoms with van der Waals surface area (Å²) in [4.78, 5) is 24.0. The molecule has 1 unspecified atom stereocenters. The first-order chi connectivity index (χ1) is 11.6. The average Bonchev–Trinajstić information content (AvgIpc) is 2.60. The molecule has 1 fully saturated rings. The Bertz CT molecular complexity index is 565. The molecule has 1 aromatic rings. The van der Waals surface area contributed by atoms with Gasteiger partial charge in [-0.2, -0.15) is 0 Å². The molecular weight excluding hydrogens is 408 g/mol. The van der Waals surface area contributed by atoms with Crippen molar-refractivity contribution < 1.29 is 14.3 Å². The molecule has 2 rings (SSSR count). The molecule has 1 heterocycles. The van der Waals surface area contributed by atoms with Crippen LogP contribution in [0.5, 0.6) is 0 Å². The number of piperidine rings is 1.